The number of halogens is 1. The van der Waals surface area contributed by atoms with E-state index >= 15 is 0 Å². The number of nitrogens with one attached hydrogen (secondary N) is 1. The quantitative estimate of drug-likeness (QED) is 0.762. The lowest BCUT2D eigenvalue weighted by Gasteiger charge is -2.24. The molecule has 0 saturated carbocycles. The molecule has 27 heavy (non-hydrogen) atoms. The molecule has 1 aliphatic rings. The van der Waals surface area contributed by atoms with Crippen LogP contribution in [0.4, 0.5) is 0 Å². The summed E-state index contributed by atoms with van der Waals surface area (Å²) in [6.45, 7) is 2.43. The van der Waals surface area contributed by atoms with Gasteiger partial charge in [-0.05, 0) is 38.0 Å². The Hall–Kier alpha value is -1.68. The highest BCUT2D eigenvalue weighted by atomic mass is 35.5. The molecule has 0 bridgehead atoms. The van der Waals surface area contributed by atoms with Crippen LogP contribution in [0.25, 0.3) is 0 Å². The van der Waals surface area contributed by atoms with Crippen LogP contribution in [0.2, 0.25) is 5.02 Å². The Bertz CT molecular complexity index is 945. The van der Waals surface area contributed by atoms with Gasteiger partial charge >= 0.3 is 0 Å². The molecule has 0 spiro atoms. The lowest BCUT2D eigenvalue weighted by atomic mass is 10.2. The van der Waals surface area contributed by atoms with Crippen molar-refractivity contribution in [2.75, 3.05) is 13.7 Å². The van der Waals surface area contributed by atoms with Crippen LogP contribution in [-0.2, 0) is 21.4 Å². The zero-order chi connectivity index (χ0) is 19.6. The van der Waals surface area contributed by atoms with E-state index in [1.54, 1.807) is 6.07 Å². The van der Waals surface area contributed by atoms with Gasteiger partial charge in [0.2, 0.25) is 15.9 Å². The van der Waals surface area contributed by atoms with Crippen molar-refractivity contribution < 1.29 is 17.9 Å². The number of thiazole rings is 1. The van der Waals surface area contributed by atoms with Gasteiger partial charge in [0.1, 0.15) is 16.7 Å². The number of sulfonamides is 1. The third kappa shape index (κ3) is 4.26. The van der Waals surface area contributed by atoms with E-state index in [0.29, 0.717) is 12.8 Å². The molecule has 1 N–H and O–H groups in total. The summed E-state index contributed by atoms with van der Waals surface area (Å²) in [6, 6.07) is 3.65. The summed E-state index contributed by atoms with van der Waals surface area (Å²) in [5.41, 5.74) is 0.759. The predicted octanol–water partition coefficient (Wildman–Crippen LogP) is 2.58. The third-order valence-electron chi connectivity index (χ3n) is 4.33. The lowest BCUT2D eigenvalue weighted by molar-refractivity contribution is -0.124. The molecule has 1 saturated heterocycles. The van der Waals surface area contributed by atoms with E-state index < -0.39 is 16.1 Å². The Morgan fingerprint density at radius 1 is 1.48 bits per heavy atom. The molecule has 1 fully saturated rings. The molecule has 2 aromatic rings. The van der Waals surface area contributed by atoms with Crippen LogP contribution < -0.4 is 10.1 Å². The Balaban J connectivity index is 1.80. The average Bonchev–Trinajstić information content (AvgIpc) is 3.29. The second kappa shape index (κ2) is 8.14. The van der Waals surface area contributed by atoms with Gasteiger partial charge in [-0.3, -0.25) is 4.79 Å². The number of aromatic nitrogens is 1. The number of carbonyl (C=O) groups is 1. The van der Waals surface area contributed by atoms with Crippen LogP contribution in [0.3, 0.4) is 0 Å². The zero-order valence-corrected chi connectivity index (χ0v) is 17.3. The first kappa shape index (κ1) is 20.1. The smallest absolute Gasteiger partial charge is 0.247 e. The molecule has 1 aromatic heterocycles. The fourth-order valence-electron chi connectivity index (χ4n) is 3.05. The number of aryl methyl sites for hydroxylation is 1. The van der Waals surface area contributed by atoms with Crippen LogP contribution >= 0.6 is 22.9 Å². The first-order valence-electron chi connectivity index (χ1n) is 8.37. The third-order valence-corrected chi connectivity index (χ3v) is 7.32. The van der Waals surface area contributed by atoms with Crippen molar-refractivity contribution >= 4 is 38.9 Å². The van der Waals surface area contributed by atoms with Gasteiger partial charge in [-0.25, -0.2) is 13.4 Å². The van der Waals surface area contributed by atoms with Gasteiger partial charge in [0, 0.05) is 16.9 Å². The molecule has 146 valence electrons. The molecule has 0 radical (unpaired) electrons. The summed E-state index contributed by atoms with van der Waals surface area (Å²) in [5, 5.41) is 5.86. The van der Waals surface area contributed by atoms with Gasteiger partial charge in [-0.2, -0.15) is 4.31 Å². The maximum atomic E-state index is 13.2. The molecule has 1 amide bonds. The zero-order valence-electron chi connectivity index (χ0n) is 14.9. The first-order valence-corrected chi connectivity index (χ1v) is 11.1. The summed E-state index contributed by atoms with van der Waals surface area (Å²) in [7, 11) is -2.53. The van der Waals surface area contributed by atoms with Gasteiger partial charge in [0.15, 0.2) is 0 Å². The Kier molecular flexibility index (Phi) is 6.05. The monoisotopic (exact) mass is 429 g/mol. The van der Waals surface area contributed by atoms with Crippen molar-refractivity contribution in [2.24, 2.45) is 0 Å². The highest BCUT2D eigenvalue weighted by Crippen LogP contribution is 2.33. The number of hydrogen-bond donors (Lipinski definition) is 1. The Labute approximate surface area is 167 Å². The van der Waals surface area contributed by atoms with Crippen LogP contribution in [0.15, 0.2) is 28.5 Å². The van der Waals surface area contributed by atoms with E-state index in [2.05, 4.69) is 10.3 Å². The molecule has 2 heterocycles. The number of methoxy groups -OCH3 is 1. The Morgan fingerprint density at radius 2 is 2.26 bits per heavy atom. The molecule has 1 aromatic carbocycles. The van der Waals surface area contributed by atoms with E-state index in [1.165, 1.54) is 34.9 Å². The van der Waals surface area contributed by atoms with E-state index in [9.17, 15) is 13.2 Å². The van der Waals surface area contributed by atoms with E-state index in [4.69, 9.17) is 16.3 Å². The van der Waals surface area contributed by atoms with Crippen molar-refractivity contribution in [3.63, 3.8) is 0 Å². The summed E-state index contributed by atoms with van der Waals surface area (Å²) in [5.74, 6) is -0.133. The maximum absolute atomic E-state index is 13.2. The van der Waals surface area contributed by atoms with Gasteiger partial charge in [-0.15, -0.1) is 11.3 Å². The number of carbonyl (C=O) groups excluding carboxylic acids is 1. The van der Waals surface area contributed by atoms with Gasteiger partial charge in [-0.1, -0.05) is 11.6 Å². The molecule has 10 heteroatoms. The van der Waals surface area contributed by atoms with Crippen molar-refractivity contribution in [3.05, 3.63) is 39.3 Å². The number of nitrogens with zero attached hydrogens (tertiary/aromatic N) is 2. The molecule has 0 unspecified atom stereocenters. The fraction of sp³-hybridized carbons (Fsp3) is 0.412. The van der Waals surface area contributed by atoms with Crippen LogP contribution in [0.5, 0.6) is 5.75 Å². The highest BCUT2D eigenvalue weighted by Gasteiger charge is 2.40. The van der Waals surface area contributed by atoms with E-state index in [0.717, 1.165) is 10.7 Å². The summed E-state index contributed by atoms with van der Waals surface area (Å²) >= 11 is 7.48. The molecule has 0 aliphatic carbocycles. The normalized spacial score (nSPS) is 17.8. The first-order chi connectivity index (χ1) is 12.8. The van der Waals surface area contributed by atoms with Gasteiger partial charge in [0.05, 0.1) is 24.4 Å². The Morgan fingerprint density at radius 3 is 2.93 bits per heavy atom. The minimum Gasteiger partial charge on any atom is -0.495 e. The molecule has 3 rings (SSSR count). The van der Waals surface area contributed by atoms with Crippen LogP contribution in [0, 0.1) is 6.92 Å². The summed E-state index contributed by atoms with van der Waals surface area (Å²) in [6.07, 6.45) is 1.07. The largest absolute Gasteiger partial charge is 0.495 e. The molecular formula is C17H20ClN3O4S2. The average molecular weight is 430 g/mol. The molecule has 1 aliphatic heterocycles. The lowest BCUT2D eigenvalue weighted by Crippen LogP contribution is -2.45. The standard InChI is InChI=1S/C17H20ClN3O4S2/c1-11-20-13(10-26-11)9-19-17(22)14-4-3-7-21(14)27(23,24)16-8-12(18)5-6-15(16)25-2/h5-6,8,10,14H,3-4,7,9H2,1-2H3,(H,19,22)/t14-/m1/s1. The molecular weight excluding hydrogens is 410 g/mol. The highest BCUT2D eigenvalue weighted by molar-refractivity contribution is 7.89. The van der Waals surface area contributed by atoms with Gasteiger partial charge < -0.3 is 10.1 Å². The van der Waals surface area contributed by atoms with Crippen molar-refractivity contribution in [1.29, 1.82) is 0 Å². The second-order valence-corrected chi connectivity index (χ2v) is 9.50. The fourth-order valence-corrected chi connectivity index (χ4v) is 5.74. The minimum absolute atomic E-state index is 0.0349. The molecule has 7 nitrogen and oxygen atoms in total. The SMILES string of the molecule is COc1ccc(Cl)cc1S(=O)(=O)N1CCC[C@@H]1C(=O)NCc1csc(C)n1. The number of hydrogen-bond acceptors (Lipinski definition) is 6. The van der Waals surface area contributed by atoms with Crippen molar-refractivity contribution in [2.45, 2.75) is 37.2 Å². The van der Waals surface area contributed by atoms with Crippen LogP contribution in [0.1, 0.15) is 23.5 Å². The van der Waals surface area contributed by atoms with Crippen molar-refractivity contribution in [3.8, 4) is 5.75 Å². The number of rotatable bonds is 6. The van der Waals surface area contributed by atoms with Crippen molar-refractivity contribution in [1.82, 2.24) is 14.6 Å². The summed E-state index contributed by atoms with van der Waals surface area (Å²) < 4.78 is 32.7. The van der Waals surface area contributed by atoms with Gasteiger partial charge in [0.25, 0.3) is 0 Å². The van der Waals surface area contributed by atoms with E-state index in [1.807, 2.05) is 12.3 Å². The predicted molar refractivity (Wildman–Crippen MR) is 104 cm³/mol. The number of amides is 1. The summed E-state index contributed by atoms with van der Waals surface area (Å²) in [4.78, 5) is 16.9. The topological polar surface area (TPSA) is 88.6 Å². The molecule has 1 atom stereocenters. The minimum atomic E-state index is -3.93. The maximum Gasteiger partial charge on any atom is 0.247 e. The van der Waals surface area contributed by atoms with E-state index in [-0.39, 0.29) is 34.7 Å². The second-order valence-electron chi connectivity index (χ2n) is 6.14. The number of benzene rings is 1. The van der Waals surface area contributed by atoms with Crippen LogP contribution in [-0.4, -0.2) is 43.3 Å². The number of ether oxygens (including phenoxy) is 1.